The van der Waals surface area contributed by atoms with Crippen molar-refractivity contribution in [3.63, 3.8) is 0 Å². The van der Waals surface area contributed by atoms with E-state index in [1.807, 2.05) is 25.1 Å². The Hall–Kier alpha value is -2.61. The molecule has 7 heteroatoms. The van der Waals surface area contributed by atoms with Gasteiger partial charge in [-0.3, -0.25) is 9.69 Å². The number of amides is 1. The molecule has 1 N–H and O–H groups in total. The first-order valence-electron chi connectivity index (χ1n) is 11.2. The summed E-state index contributed by atoms with van der Waals surface area (Å²) < 4.78 is 16.8. The zero-order valence-corrected chi connectivity index (χ0v) is 19.4. The second-order valence-corrected chi connectivity index (χ2v) is 8.10. The Kier molecular flexibility index (Phi) is 9.34. The molecule has 32 heavy (non-hydrogen) atoms. The highest BCUT2D eigenvalue weighted by Gasteiger charge is 2.12. The van der Waals surface area contributed by atoms with Crippen LogP contribution in [0.3, 0.4) is 0 Å². The second kappa shape index (κ2) is 12.4. The lowest BCUT2D eigenvalue weighted by Gasteiger charge is -2.26. The standard InChI is InChI=1S/C25H35N3O4/c1-4-31-24-15-22(9-10-23(24)32-19-25(29)27(2)3)17-26-16-20-5-7-21(8-6-20)18-28-11-13-30-14-12-28/h5-10,15,26H,4,11-14,16-19H2,1-3H3. The van der Waals surface area contributed by atoms with Gasteiger partial charge in [0.05, 0.1) is 19.8 Å². The van der Waals surface area contributed by atoms with Gasteiger partial charge in [0.2, 0.25) is 0 Å². The lowest BCUT2D eigenvalue weighted by Crippen LogP contribution is -2.35. The number of ether oxygens (including phenoxy) is 3. The van der Waals surface area contributed by atoms with Crippen LogP contribution in [0.25, 0.3) is 0 Å². The molecule has 0 spiro atoms. The van der Waals surface area contributed by atoms with E-state index in [9.17, 15) is 4.79 Å². The number of benzene rings is 2. The van der Waals surface area contributed by atoms with Crippen molar-refractivity contribution in [1.82, 2.24) is 15.1 Å². The van der Waals surface area contributed by atoms with Crippen molar-refractivity contribution in [1.29, 1.82) is 0 Å². The highest BCUT2D eigenvalue weighted by Crippen LogP contribution is 2.28. The third-order valence-electron chi connectivity index (χ3n) is 5.35. The molecule has 2 aromatic rings. The molecule has 1 amide bonds. The quantitative estimate of drug-likeness (QED) is 0.579. The highest BCUT2D eigenvalue weighted by atomic mass is 16.5. The molecule has 0 atom stereocenters. The average molecular weight is 442 g/mol. The third-order valence-corrected chi connectivity index (χ3v) is 5.35. The Morgan fingerprint density at radius 2 is 1.62 bits per heavy atom. The number of carbonyl (C=O) groups excluding carboxylic acids is 1. The molecule has 174 valence electrons. The first-order chi connectivity index (χ1) is 15.5. The number of nitrogens with zero attached hydrogens (tertiary/aromatic N) is 2. The molecule has 0 radical (unpaired) electrons. The van der Waals surface area contributed by atoms with E-state index in [1.165, 1.54) is 16.0 Å². The summed E-state index contributed by atoms with van der Waals surface area (Å²) in [6.07, 6.45) is 0. The van der Waals surface area contributed by atoms with Gasteiger partial charge in [0.25, 0.3) is 5.91 Å². The second-order valence-electron chi connectivity index (χ2n) is 8.10. The zero-order chi connectivity index (χ0) is 22.8. The summed E-state index contributed by atoms with van der Waals surface area (Å²) in [7, 11) is 3.42. The summed E-state index contributed by atoms with van der Waals surface area (Å²) in [6.45, 7) is 8.60. The predicted octanol–water partition coefficient (Wildman–Crippen LogP) is 2.67. The maximum Gasteiger partial charge on any atom is 0.259 e. The monoisotopic (exact) mass is 441 g/mol. The number of rotatable bonds is 11. The van der Waals surface area contributed by atoms with Crippen molar-refractivity contribution in [2.24, 2.45) is 0 Å². The van der Waals surface area contributed by atoms with Crippen LogP contribution in [-0.2, 0) is 29.2 Å². The lowest BCUT2D eigenvalue weighted by atomic mass is 10.1. The Morgan fingerprint density at radius 3 is 2.31 bits per heavy atom. The van der Waals surface area contributed by atoms with E-state index >= 15 is 0 Å². The number of morpholine rings is 1. The van der Waals surface area contributed by atoms with Crippen molar-refractivity contribution in [3.05, 3.63) is 59.2 Å². The molecule has 1 fully saturated rings. The molecule has 1 heterocycles. The Balaban J connectivity index is 1.49. The normalized spacial score (nSPS) is 14.2. The fourth-order valence-corrected chi connectivity index (χ4v) is 3.45. The number of nitrogens with one attached hydrogen (secondary N) is 1. The van der Waals surface area contributed by atoms with Gasteiger partial charge >= 0.3 is 0 Å². The maximum atomic E-state index is 11.8. The minimum atomic E-state index is -0.0887. The van der Waals surface area contributed by atoms with Crippen LogP contribution < -0.4 is 14.8 Å². The summed E-state index contributed by atoms with van der Waals surface area (Å²) in [5, 5.41) is 3.49. The molecule has 7 nitrogen and oxygen atoms in total. The summed E-state index contributed by atoms with van der Waals surface area (Å²) in [6, 6.07) is 14.6. The van der Waals surface area contributed by atoms with Crippen molar-refractivity contribution >= 4 is 5.91 Å². The highest BCUT2D eigenvalue weighted by molar-refractivity contribution is 5.77. The molecule has 1 saturated heterocycles. The number of hydrogen-bond acceptors (Lipinski definition) is 6. The van der Waals surface area contributed by atoms with Crippen molar-refractivity contribution in [2.45, 2.75) is 26.6 Å². The van der Waals surface area contributed by atoms with Gasteiger partial charge in [0.1, 0.15) is 0 Å². The molecule has 0 unspecified atom stereocenters. The van der Waals surface area contributed by atoms with E-state index in [0.29, 0.717) is 24.7 Å². The molecule has 2 aromatic carbocycles. The molecular formula is C25H35N3O4. The van der Waals surface area contributed by atoms with Gasteiger partial charge < -0.3 is 24.4 Å². The summed E-state index contributed by atoms with van der Waals surface area (Å²) in [5.74, 6) is 1.15. The summed E-state index contributed by atoms with van der Waals surface area (Å²) >= 11 is 0. The number of carbonyl (C=O) groups is 1. The predicted molar refractivity (Wildman–Crippen MR) is 125 cm³/mol. The summed E-state index contributed by atoms with van der Waals surface area (Å²) in [5.41, 5.74) is 3.69. The SMILES string of the molecule is CCOc1cc(CNCc2ccc(CN3CCOCC3)cc2)ccc1OCC(=O)N(C)C. The van der Waals surface area contributed by atoms with Gasteiger partial charge in [-0.25, -0.2) is 0 Å². The van der Waals surface area contributed by atoms with E-state index in [-0.39, 0.29) is 12.5 Å². The van der Waals surface area contributed by atoms with Gasteiger partial charge in [-0.1, -0.05) is 30.3 Å². The van der Waals surface area contributed by atoms with Crippen LogP contribution in [0, 0.1) is 0 Å². The van der Waals surface area contributed by atoms with E-state index in [0.717, 1.165) is 45.0 Å². The lowest BCUT2D eigenvalue weighted by molar-refractivity contribution is -0.130. The minimum absolute atomic E-state index is 0.00773. The van der Waals surface area contributed by atoms with Crippen molar-refractivity contribution in [3.8, 4) is 11.5 Å². The van der Waals surface area contributed by atoms with Crippen LogP contribution in [0.1, 0.15) is 23.6 Å². The molecule has 0 saturated carbocycles. The van der Waals surface area contributed by atoms with Crippen LogP contribution in [0.2, 0.25) is 0 Å². The summed E-state index contributed by atoms with van der Waals surface area (Å²) in [4.78, 5) is 15.7. The average Bonchev–Trinajstić information content (AvgIpc) is 2.80. The zero-order valence-electron chi connectivity index (χ0n) is 19.4. The molecule has 0 bridgehead atoms. The van der Waals surface area contributed by atoms with Gasteiger partial charge in [-0.2, -0.15) is 0 Å². The van der Waals surface area contributed by atoms with E-state index in [1.54, 1.807) is 14.1 Å². The molecule has 0 aromatic heterocycles. The Bertz CT molecular complexity index is 849. The topological polar surface area (TPSA) is 63.3 Å². The Labute approximate surface area is 191 Å². The first kappa shape index (κ1) is 24.0. The molecule has 0 aliphatic carbocycles. The molecular weight excluding hydrogens is 406 g/mol. The van der Waals surface area contributed by atoms with Crippen LogP contribution in [-0.4, -0.2) is 69.3 Å². The van der Waals surface area contributed by atoms with Crippen molar-refractivity contribution in [2.75, 3.05) is 53.6 Å². The first-order valence-corrected chi connectivity index (χ1v) is 11.2. The molecule has 1 aliphatic rings. The van der Waals surface area contributed by atoms with E-state index < -0.39 is 0 Å². The maximum absolute atomic E-state index is 11.8. The third kappa shape index (κ3) is 7.51. The minimum Gasteiger partial charge on any atom is -0.490 e. The van der Waals surface area contributed by atoms with Gasteiger partial charge in [0, 0.05) is 46.8 Å². The molecule has 3 rings (SSSR count). The van der Waals surface area contributed by atoms with Crippen LogP contribution >= 0.6 is 0 Å². The van der Waals surface area contributed by atoms with Gasteiger partial charge in [-0.15, -0.1) is 0 Å². The van der Waals surface area contributed by atoms with Crippen LogP contribution in [0.4, 0.5) is 0 Å². The smallest absolute Gasteiger partial charge is 0.259 e. The Morgan fingerprint density at radius 1 is 0.969 bits per heavy atom. The van der Waals surface area contributed by atoms with Crippen LogP contribution in [0.15, 0.2) is 42.5 Å². The van der Waals surface area contributed by atoms with E-state index in [4.69, 9.17) is 14.2 Å². The fraction of sp³-hybridized carbons (Fsp3) is 0.480. The van der Waals surface area contributed by atoms with Crippen LogP contribution in [0.5, 0.6) is 11.5 Å². The van der Waals surface area contributed by atoms with E-state index in [2.05, 4.69) is 34.5 Å². The number of likely N-dealkylation sites (N-methyl/N-ethyl adjacent to an activating group) is 1. The number of hydrogen-bond donors (Lipinski definition) is 1. The van der Waals surface area contributed by atoms with Gasteiger partial charge in [-0.05, 0) is 35.7 Å². The molecule has 1 aliphatic heterocycles. The largest absolute Gasteiger partial charge is 0.490 e. The van der Waals surface area contributed by atoms with Gasteiger partial charge in [0.15, 0.2) is 18.1 Å². The van der Waals surface area contributed by atoms with Crippen molar-refractivity contribution < 1.29 is 19.0 Å². The fourth-order valence-electron chi connectivity index (χ4n) is 3.45.